The van der Waals surface area contributed by atoms with Crippen LogP contribution in [0.15, 0.2) is 53.4 Å². The van der Waals surface area contributed by atoms with Crippen LogP contribution in [0.4, 0.5) is 0 Å². The third-order valence-corrected chi connectivity index (χ3v) is 4.91. The summed E-state index contributed by atoms with van der Waals surface area (Å²) in [4.78, 5) is 11.2. The number of hydrogen-bond acceptors (Lipinski definition) is 6. The van der Waals surface area contributed by atoms with E-state index in [0.717, 1.165) is 5.56 Å². The number of hydrogen-bond donors (Lipinski definition) is 0. The Kier molecular flexibility index (Phi) is 6.17. The second-order valence-corrected chi connectivity index (χ2v) is 6.98. The summed E-state index contributed by atoms with van der Waals surface area (Å²) < 4.78 is 40.7. The lowest BCUT2D eigenvalue weighted by atomic mass is 10.2. The Labute approximate surface area is 147 Å². The molecule has 2 unspecified atom stereocenters. The van der Waals surface area contributed by atoms with Crippen molar-refractivity contribution in [2.45, 2.75) is 31.0 Å². The van der Waals surface area contributed by atoms with Crippen molar-refractivity contribution >= 4 is 16.4 Å². The van der Waals surface area contributed by atoms with E-state index in [-0.39, 0.29) is 10.6 Å². The zero-order valence-corrected chi connectivity index (χ0v) is 15.0. The lowest BCUT2D eigenvalue weighted by Crippen LogP contribution is -2.35. The van der Waals surface area contributed by atoms with Crippen molar-refractivity contribution < 1.29 is 26.9 Å². The van der Waals surface area contributed by atoms with Crippen LogP contribution in [0.25, 0.3) is 0 Å². The van der Waals surface area contributed by atoms with Crippen molar-refractivity contribution in [3.05, 3.63) is 54.1 Å². The van der Waals surface area contributed by atoms with Crippen molar-refractivity contribution in [3.63, 3.8) is 0 Å². The summed E-state index contributed by atoms with van der Waals surface area (Å²) in [6.45, 7) is 3.34. The molecule has 25 heavy (non-hydrogen) atoms. The number of benzene rings is 2. The van der Waals surface area contributed by atoms with Crippen LogP contribution in [-0.2, 0) is 19.1 Å². The molecule has 0 aromatic heterocycles. The monoisotopic (exact) mass is 364 g/mol. The maximum atomic E-state index is 12.5. The number of carbonyl (C=O) groups is 1. The van der Waals surface area contributed by atoms with Crippen molar-refractivity contribution in [1.29, 1.82) is 0 Å². The van der Waals surface area contributed by atoms with Crippen LogP contribution in [-0.4, -0.2) is 34.0 Å². The summed E-state index contributed by atoms with van der Waals surface area (Å²) >= 11 is 0. The van der Waals surface area contributed by atoms with Gasteiger partial charge in [0.25, 0.3) is 0 Å². The molecule has 2 atom stereocenters. The first kappa shape index (κ1) is 19.0. The Morgan fingerprint density at radius 1 is 1.08 bits per heavy atom. The molecule has 0 fully saturated rings. The molecule has 134 valence electrons. The van der Waals surface area contributed by atoms with Crippen molar-refractivity contribution in [3.8, 4) is 11.5 Å². The molecule has 0 amide bonds. The van der Waals surface area contributed by atoms with Gasteiger partial charge in [0.1, 0.15) is 22.5 Å². The average Bonchev–Trinajstić information content (AvgIpc) is 2.59. The molecule has 0 radical (unpaired) electrons. The topological polar surface area (TPSA) is 78.9 Å². The van der Waals surface area contributed by atoms with Gasteiger partial charge in [-0.25, -0.2) is 0 Å². The molecule has 0 aliphatic heterocycles. The number of rotatable bonds is 8. The first-order valence-corrected chi connectivity index (χ1v) is 9.03. The molecule has 2 rings (SSSR count). The van der Waals surface area contributed by atoms with Gasteiger partial charge in [-0.3, -0.25) is 8.98 Å². The highest BCUT2D eigenvalue weighted by molar-refractivity contribution is 7.86. The Bertz CT molecular complexity index is 831. The molecule has 0 N–H and O–H groups in total. The molecule has 0 saturated heterocycles. The predicted molar refractivity (Wildman–Crippen MR) is 92.4 cm³/mol. The lowest BCUT2D eigenvalue weighted by Gasteiger charge is -2.21. The molecule has 0 bridgehead atoms. The first-order chi connectivity index (χ1) is 11.9. The second-order valence-electron chi connectivity index (χ2n) is 5.44. The number of para-hydroxylation sites is 1. The summed E-state index contributed by atoms with van der Waals surface area (Å²) in [5.41, 5.74) is 0.956. The maximum Gasteiger partial charge on any atom is 0.301 e. The molecule has 2 aromatic carbocycles. The van der Waals surface area contributed by atoms with E-state index in [1.165, 1.54) is 26.2 Å². The smallest absolute Gasteiger partial charge is 0.301 e. The molecule has 7 heteroatoms. The third kappa shape index (κ3) is 4.80. The first-order valence-electron chi connectivity index (χ1n) is 7.62. The molecule has 0 saturated carbocycles. The third-order valence-electron chi connectivity index (χ3n) is 3.48. The second kappa shape index (κ2) is 8.13. The van der Waals surface area contributed by atoms with Crippen LogP contribution in [0.1, 0.15) is 12.5 Å². The number of aldehydes is 1. The minimum absolute atomic E-state index is 0.107. The molecular weight excluding hydrogens is 344 g/mol. The van der Waals surface area contributed by atoms with Gasteiger partial charge in [0.05, 0.1) is 7.11 Å². The quantitative estimate of drug-likeness (QED) is 0.529. The number of ether oxygens (including phenoxy) is 2. The van der Waals surface area contributed by atoms with E-state index in [1.54, 1.807) is 30.3 Å². The van der Waals surface area contributed by atoms with Crippen molar-refractivity contribution in [2.75, 3.05) is 7.11 Å². The van der Waals surface area contributed by atoms with Gasteiger partial charge in [-0.1, -0.05) is 24.3 Å². The SMILES string of the molecule is COc1ccccc1S(=O)(=O)OC(C)C(C=O)Oc1cccc(C)c1. The highest BCUT2D eigenvalue weighted by atomic mass is 32.2. The Hall–Kier alpha value is -2.38. The highest BCUT2D eigenvalue weighted by Crippen LogP contribution is 2.26. The Morgan fingerprint density at radius 2 is 1.80 bits per heavy atom. The van der Waals surface area contributed by atoms with Crippen LogP contribution in [0, 0.1) is 6.92 Å². The standard InChI is InChI=1S/C18H20O6S/c1-13-7-6-8-15(11-13)23-17(12-19)14(2)24-25(20,21)18-10-5-4-9-16(18)22-3/h4-12,14,17H,1-3H3. The van der Waals surface area contributed by atoms with Gasteiger partial charge in [-0.05, 0) is 43.7 Å². The molecule has 0 heterocycles. The van der Waals surface area contributed by atoms with Crippen LogP contribution in [0.2, 0.25) is 0 Å². The minimum Gasteiger partial charge on any atom is -0.495 e. The van der Waals surface area contributed by atoms with E-state index in [1.807, 2.05) is 13.0 Å². The largest absolute Gasteiger partial charge is 0.495 e. The summed E-state index contributed by atoms with van der Waals surface area (Å²) in [6, 6.07) is 13.2. The average molecular weight is 364 g/mol. The molecule has 0 aliphatic carbocycles. The van der Waals surface area contributed by atoms with Gasteiger partial charge in [-0.15, -0.1) is 0 Å². The molecule has 0 spiro atoms. The maximum absolute atomic E-state index is 12.5. The van der Waals surface area contributed by atoms with E-state index in [9.17, 15) is 13.2 Å². The fourth-order valence-corrected chi connectivity index (χ4v) is 3.47. The van der Waals surface area contributed by atoms with Gasteiger partial charge >= 0.3 is 10.1 Å². The predicted octanol–water partition coefficient (Wildman–Crippen LogP) is 2.74. The zero-order chi connectivity index (χ0) is 18.4. The normalized spacial score (nSPS) is 13.7. The fourth-order valence-electron chi connectivity index (χ4n) is 2.21. The highest BCUT2D eigenvalue weighted by Gasteiger charge is 2.28. The van der Waals surface area contributed by atoms with Gasteiger partial charge < -0.3 is 9.47 Å². The summed E-state index contributed by atoms with van der Waals surface area (Å²) in [5, 5.41) is 0. The summed E-state index contributed by atoms with van der Waals surface area (Å²) in [7, 11) is -2.75. The number of aryl methyl sites for hydroxylation is 1. The van der Waals surface area contributed by atoms with E-state index in [0.29, 0.717) is 12.0 Å². The van der Waals surface area contributed by atoms with Crippen LogP contribution in [0.5, 0.6) is 11.5 Å². The fraction of sp³-hybridized carbons (Fsp3) is 0.278. The number of methoxy groups -OCH3 is 1. The molecular formula is C18H20O6S. The Balaban J connectivity index is 2.18. The van der Waals surface area contributed by atoms with Crippen molar-refractivity contribution in [1.82, 2.24) is 0 Å². The van der Waals surface area contributed by atoms with Crippen LogP contribution in [0.3, 0.4) is 0 Å². The molecule has 6 nitrogen and oxygen atoms in total. The van der Waals surface area contributed by atoms with Crippen molar-refractivity contribution in [2.24, 2.45) is 0 Å². The van der Waals surface area contributed by atoms with E-state index < -0.39 is 22.3 Å². The van der Waals surface area contributed by atoms with Gasteiger partial charge in [0, 0.05) is 0 Å². The summed E-state index contributed by atoms with van der Waals surface area (Å²) in [5.74, 6) is 0.624. The lowest BCUT2D eigenvalue weighted by molar-refractivity contribution is -0.116. The minimum atomic E-state index is -4.12. The van der Waals surface area contributed by atoms with Gasteiger partial charge in [0.2, 0.25) is 0 Å². The van der Waals surface area contributed by atoms with E-state index >= 15 is 0 Å². The number of carbonyl (C=O) groups excluding carboxylic acids is 1. The Morgan fingerprint density at radius 3 is 2.44 bits per heavy atom. The zero-order valence-electron chi connectivity index (χ0n) is 14.2. The van der Waals surface area contributed by atoms with E-state index in [2.05, 4.69) is 0 Å². The van der Waals surface area contributed by atoms with Gasteiger partial charge in [0.15, 0.2) is 12.4 Å². The van der Waals surface area contributed by atoms with Crippen LogP contribution >= 0.6 is 0 Å². The summed E-state index contributed by atoms with van der Waals surface area (Å²) in [6.07, 6.45) is -1.58. The van der Waals surface area contributed by atoms with Gasteiger partial charge in [-0.2, -0.15) is 8.42 Å². The molecule has 0 aliphatic rings. The van der Waals surface area contributed by atoms with E-state index in [4.69, 9.17) is 13.7 Å². The molecule has 2 aromatic rings. The van der Waals surface area contributed by atoms with Crippen LogP contribution < -0.4 is 9.47 Å².